The van der Waals surface area contributed by atoms with Gasteiger partial charge in [-0.25, -0.2) is 9.37 Å². The second-order valence-corrected chi connectivity index (χ2v) is 2.99. The van der Waals surface area contributed by atoms with Crippen molar-refractivity contribution in [2.45, 2.75) is 6.73 Å². The van der Waals surface area contributed by atoms with Crippen molar-refractivity contribution >= 4 is 0 Å². The lowest BCUT2D eigenvalue weighted by atomic mass is 10.2. The molecule has 0 amide bonds. The summed E-state index contributed by atoms with van der Waals surface area (Å²) in [6.07, 6.45) is 6.02. The molecule has 14 heavy (non-hydrogen) atoms. The van der Waals surface area contributed by atoms with E-state index >= 15 is 0 Å². The average Bonchev–Trinajstić information content (AvgIpc) is 2.65. The van der Waals surface area contributed by atoms with Gasteiger partial charge in [0.25, 0.3) is 0 Å². The number of imidazole rings is 1. The van der Waals surface area contributed by atoms with Crippen LogP contribution in [0, 0.1) is 5.82 Å². The highest BCUT2D eigenvalue weighted by Crippen LogP contribution is 2.33. The lowest BCUT2D eigenvalue weighted by Gasteiger charge is -2.18. The third-order valence-electron chi connectivity index (χ3n) is 2.16. The van der Waals surface area contributed by atoms with E-state index in [1.165, 1.54) is 6.20 Å². The molecule has 0 aliphatic carbocycles. The highest BCUT2D eigenvalue weighted by molar-refractivity contribution is 5.65. The largest absolute Gasteiger partial charge is 0.470 e. The molecule has 1 aliphatic heterocycles. The molecule has 0 bridgehead atoms. The molecule has 0 saturated heterocycles. The van der Waals surface area contributed by atoms with Crippen LogP contribution in [0.5, 0.6) is 5.75 Å². The maximum Gasteiger partial charge on any atom is 0.166 e. The van der Waals surface area contributed by atoms with Crippen molar-refractivity contribution in [3.05, 3.63) is 30.6 Å². The van der Waals surface area contributed by atoms with Crippen molar-refractivity contribution in [3.8, 4) is 17.1 Å². The summed E-state index contributed by atoms with van der Waals surface area (Å²) in [4.78, 5) is 7.79. The fourth-order valence-corrected chi connectivity index (χ4v) is 1.52. The van der Waals surface area contributed by atoms with Gasteiger partial charge < -0.3 is 4.74 Å². The number of hydrogen-bond donors (Lipinski definition) is 0. The molecule has 0 N–H and O–H groups in total. The van der Waals surface area contributed by atoms with Crippen LogP contribution in [0.4, 0.5) is 4.39 Å². The number of fused-ring (bicyclic) bond motifs is 3. The molecule has 3 heterocycles. The van der Waals surface area contributed by atoms with Gasteiger partial charge in [0.1, 0.15) is 5.82 Å². The maximum atomic E-state index is 13.4. The van der Waals surface area contributed by atoms with E-state index in [1.54, 1.807) is 17.0 Å². The minimum absolute atomic E-state index is 0.355. The number of hydrogen-bond acceptors (Lipinski definition) is 3. The maximum absolute atomic E-state index is 13.4. The van der Waals surface area contributed by atoms with E-state index in [4.69, 9.17) is 4.74 Å². The molecule has 0 fully saturated rings. The third-order valence-corrected chi connectivity index (χ3v) is 2.16. The summed E-state index contributed by atoms with van der Waals surface area (Å²) in [7, 11) is 0. The van der Waals surface area contributed by atoms with Crippen LogP contribution in [0.25, 0.3) is 11.4 Å². The summed E-state index contributed by atoms with van der Waals surface area (Å²) >= 11 is 0. The molecule has 3 rings (SSSR count). The average molecular weight is 191 g/mol. The Kier molecular flexibility index (Phi) is 1.36. The topological polar surface area (TPSA) is 39.9 Å². The van der Waals surface area contributed by atoms with Crippen LogP contribution in [-0.4, -0.2) is 14.5 Å². The smallest absolute Gasteiger partial charge is 0.166 e. The first-order valence-corrected chi connectivity index (χ1v) is 4.14. The van der Waals surface area contributed by atoms with Gasteiger partial charge in [0, 0.05) is 12.4 Å². The molecule has 0 radical (unpaired) electrons. The van der Waals surface area contributed by atoms with Crippen LogP contribution >= 0.6 is 0 Å². The van der Waals surface area contributed by atoms with Gasteiger partial charge in [-0.15, -0.1) is 0 Å². The Hall–Kier alpha value is -1.91. The Bertz CT molecular complexity index is 495. The fourth-order valence-electron chi connectivity index (χ4n) is 1.52. The summed E-state index contributed by atoms with van der Waals surface area (Å²) in [5, 5.41) is 0. The summed E-state index contributed by atoms with van der Waals surface area (Å²) in [5.41, 5.74) is 0.385. The van der Waals surface area contributed by atoms with E-state index in [0.717, 1.165) is 6.20 Å². The molecule has 0 spiro atoms. The monoisotopic (exact) mass is 191 g/mol. The van der Waals surface area contributed by atoms with Gasteiger partial charge in [0.15, 0.2) is 18.3 Å². The fraction of sp³-hybridized carbons (Fsp3) is 0.111. The molecular formula is C9H6FN3O. The molecule has 4 nitrogen and oxygen atoms in total. The van der Waals surface area contributed by atoms with Gasteiger partial charge in [-0.1, -0.05) is 0 Å². The van der Waals surface area contributed by atoms with Crippen molar-refractivity contribution in [2.75, 3.05) is 0 Å². The van der Waals surface area contributed by atoms with Crippen LogP contribution < -0.4 is 4.74 Å². The van der Waals surface area contributed by atoms with Crippen LogP contribution in [0.3, 0.4) is 0 Å². The first-order valence-electron chi connectivity index (χ1n) is 4.14. The van der Waals surface area contributed by atoms with Gasteiger partial charge in [-0.2, -0.15) is 0 Å². The molecule has 0 saturated carbocycles. The van der Waals surface area contributed by atoms with Crippen LogP contribution in [0.1, 0.15) is 0 Å². The number of nitrogens with zero attached hydrogens (tertiary/aromatic N) is 3. The zero-order valence-electron chi connectivity index (χ0n) is 7.14. The Balaban J connectivity index is 2.34. The predicted octanol–water partition coefficient (Wildman–Crippen LogP) is 1.43. The zero-order valence-corrected chi connectivity index (χ0v) is 7.14. The Morgan fingerprint density at radius 1 is 1.43 bits per heavy atom. The van der Waals surface area contributed by atoms with Gasteiger partial charge in [0.2, 0.25) is 0 Å². The molecule has 70 valence electrons. The predicted molar refractivity (Wildman–Crippen MR) is 46.0 cm³/mol. The van der Waals surface area contributed by atoms with Crippen molar-refractivity contribution in [1.29, 1.82) is 0 Å². The van der Waals surface area contributed by atoms with Crippen molar-refractivity contribution < 1.29 is 9.13 Å². The van der Waals surface area contributed by atoms with Crippen molar-refractivity contribution in [2.24, 2.45) is 0 Å². The van der Waals surface area contributed by atoms with Crippen molar-refractivity contribution in [1.82, 2.24) is 14.5 Å². The minimum Gasteiger partial charge on any atom is -0.470 e. The van der Waals surface area contributed by atoms with Crippen LogP contribution in [0.2, 0.25) is 0 Å². The molecule has 0 aromatic carbocycles. The summed E-state index contributed by atoms with van der Waals surface area (Å²) in [5.74, 6) is 0.629. The normalized spacial score (nSPS) is 12.9. The number of rotatable bonds is 0. The van der Waals surface area contributed by atoms with E-state index < -0.39 is 5.82 Å². The summed E-state index contributed by atoms with van der Waals surface area (Å²) in [6, 6.07) is 0. The van der Waals surface area contributed by atoms with E-state index in [9.17, 15) is 4.39 Å². The Morgan fingerprint density at radius 2 is 2.36 bits per heavy atom. The van der Waals surface area contributed by atoms with Crippen LogP contribution in [0.15, 0.2) is 24.8 Å². The highest BCUT2D eigenvalue weighted by atomic mass is 19.1. The van der Waals surface area contributed by atoms with E-state index in [1.807, 2.05) is 0 Å². The van der Waals surface area contributed by atoms with E-state index in [2.05, 4.69) is 9.97 Å². The second kappa shape index (κ2) is 2.54. The zero-order chi connectivity index (χ0) is 9.54. The summed E-state index contributed by atoms with van der Waals surface area (Å²) in [6.45, 7) is 0.355. The standard InChI is InChI=1S/C9H6FN3O/c10-6-3-11-4-7-8(6)9-12-1-2-13(9)5-14-7/h1-4H,5H2. The van der Waals surface area contributed by atoms with Crippen LogP contribution in [-0.2, 0) is 6.73 Å². The molecule has 0 unspecified atom stereocenters. The summed E-state index contributed by atoms with van der Waals surface area (Å²) < 4.78 is 20.5. The number of ether oxygens (including phenoxy) is 1. The molecule has 0 atom stereocenters. The molecule has 2 aromatic rings. The second-order valence-electron chi connectivity index (χ2n) is 2.99. The third kappa shape index (κ3) is 0.863. The van der Waals surface area contributed by atoms with Gasteiger partial charge in [0.05, 0.1) is 18.0 Å². The Morgan fingerprint density at radius 3 is 3.29 bits per heavy atom. The lowest BCUT2D eigenvalue weighted by Crippen LogP contribution is -2.13. The number of halogens is 1. The van der Waals surface area contributed by atoms with Gasteiger partial charge in [-0.3, -0.25) is 9.55 Å². The molecule has 1 aliphatic rings. The SMILES string of the molecule is Fc1cncc2c1-c1nccn1CO2. The number of pyridine rings is 1. The minimum atomic E-state index is -0.408. The Labute approximate surface area is 79.0 Å². The quantitative estimate of drug-likeness (QED) is 0.632. The van der Waals surface area contributed by atoms with Gasteiger partial charge in [-0.05, 0) is 0 Å². The molecule has 2 aromatic heterocycles. The number of aromatic nitrogens is 3. The molecule has 5 heteroatoms. The highest BCUT2D eigenvalue weighted by Gasteiger charge is 2.21. The molecular weight excluding hydrogens is 185 g/mol. The first kappa shape index (κ1) is 7.49. The van der Waals surface area contributed by atoms with Crippen molar-refractivity contribution in [3.63, 3.8) is 0 Å². The lowest BCUT2D eigenvalue weighted by molar-refractivity contribution is 0.227. The van der Waals surface area contributed by atoms with E-state index in [-0.39, 0.29) is 0 Å². The van der Waals surface area contributed by atoms with E-state index in [0.29, 0.717) is 23.9 Å². The first-order chi connectivity index (χ1) is 6.86. The van der Waals surface area contributed by atoms with Gasteiger partial charge >= 0.3 is 0 Å².